The first kappa shape index (κ1) is 16.9. The van der Waals surface area contributed by atoms with Gasteiger partial charge in [-0.25, -0.2) is 4.39 Å². The van der Waals surface area contributed by atoms with Crippen LogP contribution in [0.1, 0.15) is 11.6 Å². The van der Waals surface area contributed by atoms with Gasteiger partial charge in [0.25, 0.3) is 0 Å². The number of hydrogen-bond acceptors (Lipinski definition) is 3. The Bertz CT molecular complexity index is 725. The van der Waals surface area contributed by atoms with Crippen LogP contribution in [0, 0.1) is 5.82 Å². The van der Waals surface area contributed by atoms with Crippen LogP contribution in [0.5, 0.6) is 0 Å². The summed E-state index contributed by atoms with van der Waals surface area (Å²) in [5, 5.41) is 6.78. The molecule has 0 aromatic heterocycles. The quantitative estimate of drug-likeness (QED) is 0.893. The zero-order chi connectivity index (χ0) is 16.9. The largest absolute Gasteiger partial charge is 0.325 e. The Kier molecular flexibility index (Phi) is 5.45. The maximum atomic E-state index is 13.2. The summed E-state index contributed by atoms with van der Waals surface area (Å²) in [7, 11) is 0. The molecule has 3 rings (SSSR count). The van der Waals surface area contributed by atoms with E-state index in [4.69, 9.17) is 11.6 Å². The number of rotatable bonds is 4. The van der Waals surface area contributed by atoms with Crippen LogP contribution >= 0.6 is 11.6 Å². The van der Waals surface area contributed by atoms with Crippen molar-refractivity contribution in [2.24, 2.45) is 0 Å². The van der Waals surface area contributed by atoms with Crippen LogP contribution in [0.15, 0.2) is 48.5 Å². The van der Waals surface area contributed by atoms with E-state index in [1.54, 1.807) is 12.1 Å². The van der Waals surface area contributed by atoms with Crippen LogP contribution < -0.4 is 10.6 Å². The van der Waals surface area contributed by atoms with E-state index in [1.807, 2.05) is 24.3 Å². The third-order valence-corrected chi connectivity index (χ3v) is 4.28. The van der Waals surface area contributed by atoms with Crippen molar-refractivity contribution in [3.63, 3.8) is 0 Å². The van der Waals surface area contributed by atoms with Gasteiger partial charge in [-0.15, -0.1) is 0 Å². The second kappa shape index (κ2) is 7.75. The van der Waals surface area contributed by atoms with E-state index >= 15 is 0 Å². The van der Waals surface area contributed by atoms with E-state index < -0.39 is 0 Å². The van der Waals surface area contributed by atoms with Gasteiger partial charge in [0, 0.05) is 36.4 Å². The molecule has 2 aromatic rings. The second-order valence-electron chi connectivity index (χ2n) is 5.80. The highest BCUT2D eigenvalue weighted by Gasteiger charge is 2.25. The van der Waals surface area contributed by atoms with Crippen LogP contribution in [-0.4, -0.2) is 37.0 Å². The predicted octanol–water partition coefficient (Wildman–Crippen LogP) is 3.06. The monoisotopic (exact) mass is 347 g/mol. The maximum absolute atomic E-state index is 13.2. The maximum Gasteiger partial charge on any atom is 0.238 e. The number of halogens is 2. The van der Waals surface area contributed by atoms with Gasteiger partial charge in [-0.1, -0.05) is 29.8 Å². The van der Waals surface area contributed by atoms with Crippen LogP contribution in [0.25, 0.3) is 0 Å². The number of carbonyl (C=O) groups is 1. The summed E-state index contributed by atoms with van der Waals surface area (Å²) < 4.78 is 13.2. The molecule has 1 heterocycles. The third-order valence-electron chi connectivity index (χ3n) is 4.04. The lowest BCUT2D eigenvalue weighted by atomic mass is 10.0. The smallest absolute Gasteiger partial charge is 0.238 e. The van der Waals surface area contributed by atoms with E-state index in [2.05, 4.69) is 15.5 Å². The number of nitrogens with one attached hydrogen (secondary N) is 2. The number of carbonyl (C=O) groups excluding carboxylic acids is 1. The number of amides is 1. The highest BCUT2D eigenvalue weighted by Crippen LogP contribution is 2.24. The molecule has 1 fully saturated rings. The Morgan fingerprint density at radius 1 is 1.29 bits per heavy atom. The van der Waals surface area contributed by atoms with Crippen molar-refractivity contribution in [2.75, 3.05) is 31.5 Å². The van der Waals surface area contributed by atoms with Crippen LogP contribution in [0.2, 0.25) is 5.02 Å². The number of anilines is 1. The van der Waals surface area contributed by atoms with Crippen LogP contribution in [0.4, 0.5) is 10.1 Å². The molecule has 2 N–H and O–H groups in total. The van der Waals surface area contributed by atoms with Crippen LogP contribution in [-0.2, 0) is 4.79 Å². The molecule has 0 spiro atoms. The molecule has 24 heavy (non-hydrogen) atoms. The minimum Gasteiger partial charge on any atom is -0.325 e. The number of hydrogen-bond donors (Lipinski definition) is 2. The lowest BCUT2D eigenvalue weighted by molar-refractivity contribution is -0.118. The summed E-state index contributed by atoms with van der Waals surface area (Å²) in [6.07, 6.45) is 0. The second-order valence-corrected chi connectivity index (χ2v) is 6.24. The lowest BCUT2D eigenvalue weighted by Crippen LogP contribution is -2.48. The molecule has 0 bridgehead atoms. The standard InChI is InChI=1S/C18H19ClFN3O/c19-14-4-1-3-13(9-14)17-11-21-7-8-23(17)12-18(24)22-16-6-2-5-15(20)10-16/h1-6,9-10,17,21H,7-8,11-12H2,(H,22,24). The SMILES string of the molecule is O=C(CN1CCNCC1c1cccc(Cl)c1)Nc1cccc(F)c1. The Balaban J connectivity index is 1.68. The third kappa shape index (κ3) is 4.32. The van der Waals surface area contributed by atoms with Crippen molar-refractivity contribution < 1.29 is 9.18 Å². The fourth-order valence-electron chi connectivity index (χ4n) is 2.93. The topological polar surface area (TPSA) is 44.4 Å². The van der Waals surface area contributed by atoms with Gasteiger partial charge in [0.05, 0.1) is 6.54 Å². The molecule has 0 saturated carbocycles. The van der Waals surface area contributed by atoms with Gasteiger partial charge in [-0.2, -0.15) is 0 Å². The van der Waals surface area contributed by atoms with Crippen molar-refractivity contribution >= 4 is 23.2 Å². The minimum absolute atomic E-state index is 0.0794. The van der Waals surface area contributed by atoms with Gasteiger partial charge in [-0.3, -0.25) is 9.69 Å². The van der Waals surface area contributed by atoms with Gasteiger partial charge in [0.15, 0.2) is 0 Å². The molecule has 1 amide bonds. The summed E-state index contributed by atoms with van der Waals surface area (Å²) in [5.41, 5.74) is 1.54. The molecule has 0 radical (unpaired) electrons. The van der Waals surface area contributed by atoms with Crippen molar-refractivity contribution in [2.45, 2.75) is 6.04 Å². The number of piperazine rings is 1. The molecule has 1 aliphatic rings. The van der Waals surface area contributed by atoms with E-state index in [0.29, 0.717) is 10.7 Å². The molecule has 2 aromatic carbocycles. The molecule has 1 atom stereocenters. The van der Waals surface area contributed by atoms with E-state index in [0.717, 1.165) is 25.2 Å². The first-order valence-electron chi connectivity index (χ1n) is 7.87. The zero-order valence-electron chi connectivity index (χ0n) is 13.1. The fourth-order valence-corrected chi connectivity index (χ4v) is 3.13. The molecular formula is C18H19ClFN3O. The lowest BCUT2D eigenvalue weighted by Gasteiger charge is -2.36. The Labute approximate surface area is 145 Å². The van der Waals surface area contributed by atoms with E-state index in [-0.39, 0.29) is 24.3 Å². The Hall–Kier alpha value is -1.95. The van der Waals surface area contributed by atoms with Crippen molar-refractivity contribution in [3.05, 3.63) is 64.9 Å². The molecule has 0 aliphatic carbocycles. The highest BCUT2D eigenvalue weighted by molar-refractivity contribution is 6.30. The molecule has 6 heteroatoms. The van der Waals surface area contributed by atoms with Crippen molar-refractivity contribution in [1.29, 1.82) is 0 Å². The highest BCUT2D eigenvalue weighted by atomic mass is 35.5. The summed E-state index contributed by atoms with van der Waals surface area (Å²) >= 11 is 6.09. The molecule has 1 aliphatic heterocycles. The molecule has 4 nitrogen and oxygen atoms in total. The summed E-state index contributed by atoms with van der Waals surface area (Å²) in [5.74, 6) is -0.527. The molecule has 1 saturated heterocycles. The van der Waals surface area contributed by atoms with Gasteiger partial charge in [0.1, 0.15) is 5.82 Å². The summed E-state index contributed by atoms with van der Waals surface area (Å²) in [6, 6.07) is 13.7. The van der Waals surface area contributed by atoms with Crippen LogP contribution in [0.3, 0.4) is 0 Å². The first-order chi connectivity index (χ1) is 11.6. The van der Waals surface area contributed by atoms with E-state index in [9.17, 15) is 9.18 Å². The molecule has 126 valence electrons. The van der Waals surface area contributed by atoms with E-state index in [1.165, 1.54) is 12.1 Å². The zero-order valence-corrected chi connectivity index (χ0v) is 13.9. The van der Waals surface area contributed by atoms with Gasteiger partial charge < -0.3 is 10.6 Å². The van der Waals surface area contributed by atoms with Gasteiger partial charge >= 0.3 is 0 Å². The van der Waals surface area contributed by atoms with Gasteiger partial charge in [-0.05, 0) is 35.9 Å². The average Bonchev–Trinajstić information content (AvgIpc) is 2.55. The minimum atomic E-state index is -0.369. The fraction of sp³-hybridized carbons (Fsp3) is 0.278. The average molecular weight is 348 g/mol. The number of benzene rings is 2. The normalized spacial score (nSPS) is 18.3. The molecule has 1 unspecified atom stereocenters. The van der Waals surface area contributed by atoms with Crippen molar-refractivity contribution in [3.8, 4) is 0 Å². The first-order valence-corrected chi connectivity index (χ1v) is 8.25. The Morgan fingerprint density at radius 3 is 2.92 bits per heavy atom. The van der Waals surface area contributed by atoms with Crippen molar-refractivity contribution in [1.82, 2.24) is 10.2 Å². The summed E-state index contributed by atoms with van der Waals surface area (Å²) in [6.45, 7) is 2.58. The summed E-state index contributed by atoms with van der Waals surface area (Å²) in [4.78, 5) is 14.4. The Morgan fingerprint density at radius 2 is 2.12 bits per heavy atom. The molecular weight excluding hydrogens is 329 g/mol. The predicted molar refractivity (Wildman–Crippen MR) is 93.7 cm³/mol. The van der Waals surface area contributed by atoms with Gasteiger partial charge in [0.2, 0.25) is 5.91 Å². The number of nitrogens with zero attached hydrogens (tertiary/aromatic N) is 1.